The number of ether oxygens (including phenoxy) is 1. The molecular weight excluding hydrogens is 360 g/mol. The lowest BCUT2D eigenvalue weighted by atomic mass is 10.1. The summed E-state index contributed by atoms with van der Waals surface area (Å²) in [5, 5.41) is 4.83. The van der Waals surface area contributed by atoms with Gasteiger partial charge in [-0.05, 0) is 38.1 Å². The summed E-state index contributed by atoms with van der Waals surface area (Å²) < 4.78 is 6.97. The van der Waals surface area contributed by atoms with Gasteiger partial charge in [0, 0.05) is 32.6 Å². The van der Waals surface area contributed by atoms with Gasteiger partial charge in [0.05, 0.1) is 6.42 Å². The van der Waals surface area contributed by atoms with E-state index in [0.29, 0.717) is 23.2 Å². The fraction of sp³-hybridized carbons (Fsp3) is 0.294. The van der Waals surface area contributed by atoms with E-state index in [2.05, 4.69) is 15.1 Å². The molecule has 1 aromatic carbocycles. The standard InChI is InChI=1S/C17H17ClN4O2S/c1-11-15(12(2)22-17(21-11)19-10-20-22)9-16(23)24-7-8-25-14-5-3-13(18)4-6-14/h3-6,10H,7-9H2,1-2H3. The molecule has 2 aromatic heterocycles. The van der Waals surface area contributed by atoms with E-state index in [9.17, 15) is 4.79 Å². The smallest absolute Gasteiger partial charge is 0.310 e. The quantitative estimate of drug-likeness (QED) is 0.373. The van der Waals surface area contributed by atoms with Crippen LogP contribution in [-0.2, 0) is 16.0 Å². The van der Waals surface area contributed by atoms with Gasteiger partial charge in [0.25, 0.3) is 5.78 Å². The van der Waals surface area contributed by atoms with Gasteiger partial charge < -0.3 is 4.74 Å². The topological polar surface area (TPSA) is 69.4 Å². The zero-order chi connectivity index (χ0) is 17.8. The molecule has 0 aliphatic heterocycles. The Labute approximate surface area is 154 Å². The molecule has 0 saturated carbocycles. The number of nitrogens with zero attached hydrogens (tertiary/aromatic N) is 4. The lowest BCUT2D eigenvalue weighted by Gasteiger charge is -2.10. The average Bonchev–Trinajstić information content (AvgIpc) is 3.05. The van der Waals surface area contributed by atoms with E-state index in [1.807, 2.05) is 38.1 Å². The second-order valence-corrected chi connectivity index (χ2v) is 7.04. The molecule has 2 heterocycles. The maximum atomic E-state index is 12.1. The summed E-state index contributed by atoms with van der Waals surface area (Å²) in [4.78, 5) is 21.6. The van der Waals surface area contributed by atoms with E-state index in [0.717, 1.165) is 21.8 Å². The minimum atomic E-state index is -0.274. The molecule has 25 heavy (non-hydrogen) atoms. The third-order valence-electron chi connectivity index (χ3n) is 3.74. The number of aromatic nitrogens is 4. The van der Waals surface area contributed by atoms with Crippen molar-refractivity contribution >= 4 is 35.1 Å². The third-order valence-corrected chi connectivity index (χ3v) is 4.97. The number of benzene rings is 1. The van der Waals surface area contributed by atoms with Crippen molar-refractivity contribution in [1.82, 2.24) is 19.6 Å². The first-order valence-corrected chi connectivity index (χ1v) is 9.11. The number of carbonyl (C=O) groups is 1. The predicted molar refractivity (Wildman–Crippen MR) is 97.1 cm³/mol. The highest BCUT2D eigenvalue weighted by Crippen LogP contribution is 2.20. The molecule has 8 heteroatoms. The normalized spacial score (nSPS) is 11.0. The zero-order valence-electron chi connectivity index (χ0n) is 13.9. The summed E-state index contributed by atoms with van der Waals surface area (Å²) in [5.74, 6) is 0.946. The van der Waals surface area contributed by atoms with E-state index in [-0.39, 0.29) is 12.4 Å². The Morgan fingerprint density at radius 1 is 1.28 bits per heavy atom. The van der Waals surface area contributed by atoms with Gasteiger partial charge in [0.15, 0.2) is 0 Å². The number of carbonyl (C=O) groups excluding carboxylic acids is 1. The first-order chi connectivity index (χ1) is 12.0. The maximum absolute atomic E-state index is 12.1. The first-order valence-electron chi connectivity index (χ1n) is 7.74. The average molecular weight is 377 g/mol. The summed E-state index contributed by atoms with van der Waals surface area (Å²) in [6.45, 7) is 4.11. The van der Waals surface area contributed by atoms with Gasteiger partial charge in [-0.25, -0.2) is 9.50 Å². The van der Waals surface area contributed by atoms with Gasteiger partial charge in [-0.2, -0.15) is 10.1 Å². The Morgan fingerprint density at radius 3 is 2.80 bits per heavy atom. The lowest BCUT2D eigenvalue weighted by Crippen LogP contribution is -2.14. The van der Waals surface area contributed by atoms with Gasteiger partial charge in [-0.15, -0.1) is 11.8 Å². The van der Waals surface area contributed by atoms with E-state index in [1.54, 1.807) is 16.3 Å². The molecule has 0 aliphatic rings. The van der Waals surface area contributed by atoms with Crippen molar-refractivity contribution < 1.29 is 9.53 Å². The summed E-state index contributed by atoms with van der Waals surface area (Å²) in [7, 11) is 0. The molecule has 0 amide bonds. The van der Waals surface area contributed by atoms with Gasteiger partial charge >= 0.3 is 5.97 Å². The maximum Gasteiger partial charge on any atom is 0.310 e. The minimum absolute atomic E-state index is 0.173. The highest BCUT2D eigenvalue weighted by molar-refractivity contribution is 7.99. The Bertz CT molecular complexity index is 896. The molecule has 0 atom stereocenters. The highest BCUT2D eigenvalue weighted by atomic mass is 35.5. The Balaban J connectivity index is 1.53. The fourth-order valence-electron chi connectivity index (χ4n) is 2.45. The van der Waals surface area contributed by atoms with E-state index in [1.165, 1.54) is 6.33 Å². The van der Waals surface area contributed by atoms with E-state index >= 15 is 0 Å². The second kappa shape index (κ2) is 7.84. The molecule has 6 nitrogen and oxygen atoms in total. The molecule has 0 saturated heterocycles. The minimum Gasteiger partial charge on any atom is -0.465 e. The number of hydrogen-bond donors (Lipinski definition) is 0. The van der Waals surface area contributed by atoms with Gasteiger partial charge in [-0.1, -0.05) is 11.6 Å². The predicted octanol–water partition coefficient (Wildman–Crippen LogP) is 3.27. The van der Waals surface area contributed by atoms with Crippen LogP contribution in [0.5, 0.6) is 0 Å². The summed E-state index contributed by atoms with van der Waals surface area (Å²) in [6, 6.07) is 7.57. The van der Waals surface area contributed by atoms with Crippen molar-refractivity contribution in [2.75, 3.05) is 12.4 Å². The van der Waals surface area contributed by atoms with Gasteiger partial charge in [-0.3, -0.25) is 4.79 Å². The summed E-state index contributed by atoms with van der Waals surface area (Å²) >= 11 is 7.47. The molecule has 3 aromatic rings. The van der Waals surface area contributed by atoms with Gasteiger partial charge in [0.1, 0.15) is 12.9 Å². The molecule has 0 spiro atoms. The lowest BCUT2D eigenvalue weighted by molar-refractivity contribution is -0.142. The number of hydrogen-bond acceptors (Lipinski definition) is 6. The number of fused-ring (bicyclic) bond motifs is 1. The van der Waals surface area contributed by atoms with Crippen LogP contribution in [-0.4, -0.2) is 37.9 Å². The molecule has 0 N–H and O–H groups in total. The fourth-order valence-corrected chi connectivity index (χ4v) is 3.31. The van der Waals surface area contributed by atoms with Crippen molar-refractivity contribution in [2.45, 2.75) is 25.2 Å². The van der Waals surface area contributed by atoms with Gasteiger partial charge in [0.2, 0.25) is 0 Å². The molecule has 130 valence electrons. The Hall–Kier alpha value is -2.12. The SMILES string of the molecule is Cc1nc2ncnn2c(C)c1CC(=O)OCCSc1ccc(Cl)cc1. The number of esters is 1. The molecular formula is C17H17ClN4O2S. The molecule has 0 aliphatic carbocycles. The number of thioether (sulfide) groups is 1. The zero-order valence-corrected chi connectivity index (χ0v) is 15.5. The van der Waals surface area contributed by atoms with Crippen LogP contribution in [0.3, 0.4) is 0 Å². The van der Waals surface area contributed by atoms with Crippen molar-refractivity contribution in [3.05, 3.63) is 52.6 Å². The van der Waals surface area contributed by atoms with Crippen LogP contribution in [0.25, 0.3) is 5.78 Å². The number of rotatable bonds is 6. The Kier molecular flexibility index (Phi) is 5.55. The highest BCUT2D eigenvalue weighted by Gasteiger charge is 2.15. The molecule has 0 radical (unpaired) electrons. The first kappa shape index (κ1) is 17.7. The molecule has 3 rings (SSSR count). The van der Waals surface area contributed by atoms with Crippen LogP contribution in [0, 0.1) is 13.8 Å². The second-order valence-electron chi connectivity index (χ2n) is 5.43. The van der Waals surface area contributed by atoms with Crippen molar-refractivity contribution in [2.24, 2.45) is 0 Å². The van der Waals surface area contributed by atoms with Crippen molar-refractivity contribution in [3.63, 3.8) is 0 Å². The van der Waals surface area contributed by atoms with Crippen LogP contribution in [0.4, 0.5) is 0 Å². The van der Waals surface area contributed by atoms with Crippen LogP contribution >= 0.6 is 23.4 Å². The number of aryl methyl sites for hydroxylation is 2. The monoisotopic (exact) mass is 376 g/mol. The van der Waals surface area contributed by atoms with E-state index in [4.69, 9.17) is 16.3 Å². The summed E-state index contributed by atoms with van der Waals surface area (Å²) in [6.07, 6.45) is 1.62. The summed E-state index contributed by atoms with van der Waals surface area (Å²) in [5.41, 5.74) is 2.45. The van der Waals surface area contributed by atoms with E-state index < -0.39 is 0 Å². The van der Waals surface area contributed by atoms with Crippen LogP contribution < -0.4 is 0 Å². The van der Waals surface area contributed by atoms with Crippen LogP contribution in [0.2, 0.25) is 5.02 Å². The Morgan fingerprint density at radius 2 is 2.04 bits per heavy atom. The third kappa shape index (κ3) is 4.29. The molecule has 0 unspecified atom stereocenters. The molecule has 0 fully saturated rings. The van der Waals surface area contributed by atoms with Crippen molar-refractivity contribution in [1.29, 1.82) is 0 Å². The number of halogens is 1. The molecule has 0 bridgehead atoms. The van der Waals surface area contributed by atoms with Crippen LogP contribution in [0.1, 0.15) is 17.0 Å². The van der Waals surface area contributed by atoms with Crippen molar-refractivity contribution in [3.8, 4) is 0 Å². The van der Waals surface area contributed by atoms with Crippen LogP contribution in [0.15, 0.2) is 35.5 Å². The largest absolute Gasteiger partial charge is 0.465 e.